The first kappa shape index (κ1) is 22.7. The number of aliphatic hydroxyl groups is 1. The fraction of sp³-hybridized carbons (Fsp3) is 0.370. The van der Waals surface area contributed by atoms with Crippen molar-refractivity contribution in [2.75, 3.05) is 0 Å². The van der Waals surface area contributed by atoms with Crippen LogP contribution >= 0.6 is 0 Å². The highest BCUT2D eigenvalue weighted by atomic mass is 19.1. The van der Waals surface area contributed by atoms with Gasteiger partial charge in [0.05, 0.1) is 29.0 Å². The first-order valence-electron chi connectivity index (χ1n) is 12.0. The van der Waals surface area contributed by atoms with Crippen molar-refractivity contribution in [1.82, 2.24) is 9.55 Å². The molecule has 1 unspecified atom stereocenters. The molecule has 9 heteroatoms. The summed E-state index contributed by atoms with van der Waals surface area (Å²) >= 11 is 0. The van der Waals surface area contributed by atoms with Gasteiger partial charge in [-0.2, -0.15) is 0 Å². The maximum atomic E-state index is 14.9. The number of halogens is 1. The normalized spacial score (nSPS) is 21.9. The van der Waals surface area contributed by atoms with E-state index >= 15 is 0 Å². The molecule has 3 aliphatic rings. The maximum absolute atomic E-state index is 14.9. The molecule has 0 radical (unpaired) electrons. The smallest absolute Gasteiger partial charge is 0.343 e. The molecule has 8 nitrogen and oxygen atoms in total. The van der Waals surface area contributed by atoms with Crippen LogP contribution in [0.4, 0.5) is 4.39 Å². The van der Waals surface area contributed by atoms with E-state index in [1.165, 1.54) is 13.0 Å². The van der Waals surface area contributed by atoms with Gasteiger partial charge in [-0.15, -0.1) is 0 Å². The minimum Gasteiger partial charge on any atom is -0.458 e. The van der Waals surface area contributed by atoms with Crippen LogP contribution in [0.15, 0.2) is 21.9 Å². The zero-order chi connectivity index (χ0) is 25.5. The lowest BCUT2D eigenvalue weighted by Gasteiger charge is -2.31. The van der Waals surface area contributed by atoms with Crippen molar-refractivity contribution in [1.29, 1.82) is 0 Å². The Kier molecular flexibility index (Phi) is 4.82. The van der Waals surface area contributed by atoms with E-state index in [4.69, 9.17) is 9.72 Å². The van der Waals surface area contributed by atoms with E-state index < -0.39 is 11.6 Å². The van der Waals surface area contributed by atoms with Crippen molar-refractivity contribution < 1.29 is 23.8 Å². The summed E-state index contributed by atoms with van der Waals surface area (Å²) < 4.78 is 21.6. The average Bonchev–Trinajstić information content (AvgIpc) is 3.22. The minimum absolute atomic E-state index is 0.0441. The topological polar surface area (TPSA) is 111 Å². The van der Waals surface area contributed by atoms with E-state index in [0.29, 0.717) is 35.3 Å². The molecule has 0 saturated carbocycles. The molecule has 6 rings (SSSR count). The minimum atomic E-state index is -1.93. The van der Waals surface area contributed by atoms with Crippen LogP contribution in [0.5, 0.6) is 0 Å². The third-order valence-electron chi connectivity index (χ3n) is 7.86. The first-order valence-corrected chi connectivity index (χ1v) is 12.0. The molecule has 2 aliphatic heterocycles. The molecule has 36 heavy (non-hydrogen) atoms. The van der Waals surface area contributed by atoms with Crippen LogP contribution in [0.1, 0.15) is 66.0 Å². The van der Waals surface area contributed by atoms with Crippen LogP contribution in [0.25, 0.3) is 22.3 Å². The van der Waals surface area contributed by atoms with Gasteiger partial charge < -0.3 is 14.4 Å². The summed E-state index contributed by atoms with van der Waals surface area (Å²) in [5.41, 5.74) is 2.76. The summed E-state index contributed by atoms with van der Waals surface area (Å²) in [5.74, 6) is -1.66. The van der Waals surface area contributed by atoms with E-state index in [2.05, 4.69) is 4.99 Å². The standard InChI is InChI=1S/C27H24FN3O5/c1-4-27(35)18-7-21-24-16(10-31(21)25(33)17(18)11-36-26(27)34)22-14(9-29-13(3)32)5-6-15-12(2)19(28)8-20(30-24)23(15)22/h7-9,14,35H,4-6,10-11H2,1-3H3/b29-9+/t14?,27-/m0/s1. The number of hydrogen-bond acceptors (Lipinski definition) is 6. The summed E-state index contributed by atoms with van der Waals surface area (Å²) in [4.78, 5) is 46.5. The third kappa shape index (κ3) is 2.92. The van der Waals surface area contributed by atoms with Crippen molar-refractivity contribution in [3.05, 3.63) is 61.7 Å². The van der Waals surface area contributed by atoms with Crippen LogP contribution in [-0.2, 0) is 39.5 Å². The maximum Gasteiger partial charge on any atom is 0.343 e. The van der Waals surface area contributed by atoms with Crippen molar-refractivity contribution in [2.24, 2.45) is 4.99 Å². The predicted octanol–water partition coefficient (Wildman–Crippen LogP) is 3.17. The van der Waals surface area contributed by atoms with Crippen LogP contribution < -0.4 is 5.56 Å². The molecule has 4 heterocycles. The molecule has 3 aromatic rings. The highest BCUT2D eigenvalue weighted by Gasteiger charge is 2.45. The number of rotatable bonds is 2. The molecular formula is C27H24FN3O5. The van der Waals surface area contributed by atoms with E-state index in [9.17, 15) is 23.9 Å². The first-order chi connectivity index (χ1) is 17.2. The number of benzene rings is 1. The van der Waals surface area contributed by atoms with Gasteiger partial charge in [0, 0.05) is 41.6 Å². The second kappa shape index (κ2) is 7.64. The second-order valence-corrected chi connectivity index (χ2v) is 9.75. The van der Waals surface area contributed by atoms with Gasteiger partial charge in [0.1, 0.15) is 12.4 Å². The van der Waals surface area contributed by atoms with Crippen LogP contribution in [-0.4, -0.2) is 32.7 Å². The Morgan fingerprint density at radius 3 is 2.83 bits per heavy atom. The van der Waals surface area contributed by atoms with E-state index in [1.807, 2.05) is 0 Å². The number of cyclic esters (lactones) is 1. The Labute approximate surface area is 205 Å². The second-order valence-electron chi connectivity index (χ2n) is 9.75. The largest absolute Gasteiger partial charge is 0.458 e. The number of ether oxygens (including phenoxy) is 1. The number of nitrogens with zero attached hydrogens (tertiary/aromatic N) is 3. The van der Waals surface area contributed by atoms with E-state index in [-0.39, 0.29) is 53.9 Å². The van der Waals surface area contributed by atoms with Crippen molar-refractivity contribution >= 4 is 29.0 Å². The molecule has 1 amide bonds. The summed E-state index contributed by atoms with van der Waals surface area (Å²) in [6.07, 6.45) is 2.94. The molecule has 2 atom stereocenters. The van der Waals surface area contributed by atoms with Gasteiger partial charge in [0.15, 0.2) is 5.60 Å². The highest BCUT2D eigenvalue weighted by Crippen LogP contribution is 2.46. The lowest BCUT2D eigenvalue weighted by atomic mass is 9.78. The number of fused-ring (bicyclic) bond motifs is 5. The number of hydrogen-bond donors (Lipinski definition) is 1. The highest BCUT2D eigenvalue weighted by molar-refractivity contribution is 5.97. The number of amides is 1. The van der Waals surface area contributed by atoms with Crippen LogP contribution in [0, 0.1) is 12.7 Å². The molecule has 184 valence electrons. The summed E-state index contributed by atoms with van der Waals surface area (Å²) in [6, 6.07) is 3.05. The lowest BCUT2D eigenvalue weighted by Crippen LogP contribution is -2.44. The molecule has 0 fully saturated rings. The monoisotopic (exact) mass is 489 g/mol. The molecule has 0 spiro atoms. The predicted molar refractivity (Wildman–Crippen MR) is 129 cm³/mol. The van der Waals surface area contributed by atoms with Crippen LogP contribution in [0.3, 0.4) is 0 Å². The Hall–Kier alpha value is -3.72. The lowest BCUT2D eigenvalue weighted by molar-refractivity contribution is -0.172. The van der Waals surface area contributed by atoms with Gasteiger partial charge in [0.2, 0.25) is 5.91 Å². The summed E-state index contributed by atoms with van der Waals surface area (Å²) in [6.45, 7) is 4.81. The molecule has 1 N–H and O–H groups in total. The fourth-order valence-electron chi connectivity index (χ4n) is 5.93. The number of carbonyl (C=O) groups excluding carboxylic acids is 2. The third-order valence-corrected chi connectivity index (χ3v) is 7.86. The zero-order valence-electron chi connectivity index (χ0n) is 20.1. The molecule has 1 aromatic carbocycles. The number of esters is 1. The SMILES string of the molecule is CC[C@@]1(O)C(=O)OCc2c1cc1n(c2=O)Cc2c-1nc1cc(F)c(C)c3c1c2C(/C=N/C(C)=O)CC3. The van der Waals surface area contributed by atoms with E-state index in [0.717, 1.165) is 22.1 Å². The number of pyridine rings is 2. The summed E-state index contributed by atoms with van der Waals surface area (Å²) in [5, 5.41) is 12.0. The Morgan fingerprint density at radius 2 is 2.11 bits per heavy atom. The average molecular weight is 490 g/mol. The number of aryl methyl sites for hydroxylation is 1. The number of aromatic nitrogens is 2. The number of aliphatic imine (C=N–C) groups is 1. The van der Waals surface area contributed by atoms with Gasteiger partial charge in [-0.05, 0) is 48.9 Å². The van der Waals surface area contributed by atoms with Crippen molar-refractivity contribution in [2.45, 2.75) is 64.7 Å². The van der Waals surface area contributed by atoms with Gasteiger partial charge in [0.25, 0.3) is 5.56 Å². The van der Waals surface area contributed by atoms with Crippen molar-refractivity contribution in [3.8, 4) is 11.4 Å². The quantitative estimate of drug-likeness (QED) is 0.342. The van der Waals surface area contributed by atoms with Crippen molar-refractivity contribution in [3.63, 3.8) is 0 Å². The fourth-order valence-corrected chi connectivity index (χ4v) is 5.93. The summed E-state index contributed by atoms with van der Waals surface area (Å²) in [7, 11) is 0. The Balaban J connectivity index is 1.68. The van der Waals surface area contributed by atoms with Gasteiger partial charge in [-0.3, -0.25) is 9.59 Å². The zero-order valence-corrected chi connectivity index (χ0v) is 20.1. The molecule has 0 bridgehead atoms. The van der Waals surface area contributed by atoms with Gasteiger partial charge in [-0.1, -0.05) is 6.92 Å². The molecule has 2 aromatic heterocycles. The van der Waals surface area contributed by atoms with Gasteiger partial charge >= 0.3 is 5.97 Å². The van der Waals surface area contributed by atoms with Gasteiger partial charge in [-0.25, -0.2) is 19.2 Å². The Morgan fingerprint density at radius 1 is 1.33 bits per heavy atom. The van der Waals surface area contributed by atoms with Crippen LogP contribution in [0.2, 0.25) is 0 Å². The molecule has 0 saturated heterocycles. The van der Waals surface area contributed by atoms with E-state index in [1.54, 1.807) is 30.7 Å². The molecule has 1 aliphatic carbocycles. The number of carbonyl (C=O) groups is 2. The molecular weight excluding hydrogens is 465 g/mol. The Bertz CT molecular complexity index is 1620.